The van der Waals surface area contributed by atoms with Crippen molar-refractivity contribution in [1.29, 1.82) is 0 Å². The second-order valence-electron chi connectivity index (χ2n) is 26.5. The second-order valence-corrected chi connectivity index (χ2v) is 26.5. The van der Waals surface area contributed by atoms with E-state index in [4.69, 9.17) is 18.9 Å². The minimum Gasteiger partial charge on any atom is -0.490 e. The third-order valence-electron chi connectivity index (χ3n) is 19.3. The molecule has 0 saturated carbocycles. The van der Waals surface area contributed by atoms with E-state index in [1.807, 2.05) is 0 Å². The van der Waals surface area contributed by atoms with Crippen LogP contribution in [0, 0.1) is 69.2 Å². The van der Waals surface area contributed by atoms with E-state index in [0.717, 1.165) is 74.4 Å². The van der Waals surface area contributed by atoms with Crippen LogP contribution in [0.4, 0.5) is 0 Å². The molecule has 0 unspecified atom stereocenters. The molecule has 0 atom stereocenters. The summed E-state index contributed by atoms with van der Waals surface area (Å²) >= 11 is 0. The highest BCUT2D eigenvalue weighted by atomic mass is 16.5. The summed E-state index contributed by atoms with van der Waals surface area (Å²) in [6, 6.07) is 69.0. The average Bonchev–Trinajstić information content (AvgIpc) is 1.44. The highest BCUT2D eigenvalue weighted by Crippen LogP contribution is 2.61. The second kappa shape index (κ2) is 28.1. The summed E-state index contributed by atoms with van der Waals surface area (Å²) < 4.78 is 26.0. The summed E-state index contributed by atoms with van der Waals surface area (Å²) in [4.78, 5) is 0. The number of rotatable bonds is 22. The monoisotopic (exact) mass is 1220 g/mol. The molecular weight excluding hydrogens is 1120 g/mol. The van der Waals surface area contributed by atoms with Gasteiger partial charge in [-0.15, -0.1) is 0 Å². The lowest BCUT2D eigenvalue weighted by Crippen LogP contribution is -2.31. The molecule has 10 aromatic rings. The van der Waals surface area contributed by atoms with Crippen molar-refractivity contribution in [3.63, 3.8) is 0 Å². The predicted molar refractivity (Wildman–Crippen MR) is 387 cm³/mol. The van der Waals surface area contributed by atoms with Gasteiger partial charge in [0.15, 0.2) is 23.0 Å². The molecule has 2 aliphatic rings. The number of aryl methyl sites for hydroxylation is 10. The molecule has 4 heteroatoms. The quantitative estimate of drug-likeness (QED) is 0.0634. The molecule has 2 aliphatic carbocycles. The van der Waals surface area contributed by atoms with Crippen LogP contribution in [0.5, 0.6) is 23.0 Å². The summed E-state index contributed by atoms with van der Waals surface area (Å²) in [6.07, 6.45) is 8.29. The van der Waals surface area contributed by atoms with Crippen molar-refractivity contribution in [3.05, 3.63) is 282 Å². The lowest BCUT2D eigenvalue weighted by atomic mass is 9.64. The summed E-state index contributed by atoms with van der Waals surface area (Å²) in [5, 5.41) is 0. The topological polar surface area (TPSA) is 36.9 Å². The van der Waals surface area contributed by atoms with Crippen LogP contribution in [0.3, 0.4) is 0 Å². The molecule has 0 N–H and O–H groups in total. The van der Waals surface area contributed by atoms with Crippen LogP contribution in [-0.4, -0.2) is 26.4 Å². The lowest BCUT2D eigenvalue weighted by Gasteiger charge is -2.37. The molecule has 12 rings (SSSR count). The first-order chi connectivity index (χ1) is 44.5. The van der Waals surface area contributed by atoms with Crippen molar-refractivity contribution in [3.8, 4) is 67.5 Å². The maximum Gasteiger partial charge on any atom is 0.161 e. The summed E-state index contributed by atoms with van der Waals surface area (Å²) in [5.41, 5.74) is 32.2. The van der Waals surface area contributed by atoms with E-state index >= 15 is 0 Å². The van der Waals surface area contributed by atoms with Crippen molar-refractivity contribution in [2.24, 2.45) is 0 Å². The summed E-state index contributed by atoms with van der Waals surface area (Å²) in [5.74, 6) is 3.29. The number of benzene rings is 10. The fourth-order valence-corrected chi connectivity index (χ4v) is 14.5. The molecule has 0 bridgehead atoms. The van der Waals surface area contributed by atoms with Gasteiger partial charge in [-0.2, -0.15) is 0 Å². The van der Waals surface area contributed by atoms with E-state index in [1.165, 1.54) is 145 Å². The Bertz CT molecular complexity index is 4000. The van der Waals surface area contributed by atoms with E-state index in [-0.39, 0.29) is 0 Å². The molecule has 0 heterocycles. The van der Waals surface area contributed by atoms with Crippen molar-refractivity contribution in [2.75, 3.05) is 26.4 Å². The molecule has 0 aromatic heterocycles. The molecule has 0 radical (unpaired) electrons. The molecule has 4 nitrogen and oxygen atoms in total. The van der Waals surface area contributed by atoms with Gasteiger partial charge in [-0.25, -0.2) is 0 Å². The Hall–Kier alpha value is -8.60. The third kappa shape index (κ3) is 12.5. The lowest BCUT2D eigenvalue weighted by molar-refractivity contribution is 0.260. The largest absolute Gasteiger partial charge is 0.490 e. The van der Waals surface area contributed by atoms with Crippen molar-refractivity contribution in [2.45, 2.75) is 159 Å². The summed E-state index contributed by atoms with van der Waals surface area (Å²) in [7, 11) is 0. The SMILES string of the molecule is CCCCOc1cc(C)c(C2(c3cc(OCCCC)c(OCCCC)cc3C)c3cc(C)ccc3-c3ccc(C)cc32)cc1OCCCC.Cc1ccc(-c2ccc(C3(c4ccc(-c5ccc(C)cc5)cc4C)c4cc(C)ccc4-c4ccc(C)cc43)c(C)c2)cc1. The van der Waals surface area contributed by atoms with E-state index < -0.39 is 10.8 Å². The van der Waals surface area contributed by atoms with Gasteiger partial charge in [0.1, 0.15) is 0 Å². The molecular formula is C88H96O4. The Labute approximate surface area is 551 Å². The number of fused-ring (bicyclic) bond motifs is 6. The van der Waals surface area contributed by atoms with Gasteiger partial charge < -0.3 is 18.9 Å². The first kappa shape index (κ1) is 64.9. The number of ether oxygens (including phenoxy) is 4. The third-order valence-corrected chi connectivity index (χ3v) is 19.3. The van der Waals surface area contributed by atoms with Gasteiger partial charge in [0.2, 0.25) is 0 Å². The Balaban J connectivity index is 0.000000190. The first-order valence-corrected chi connectivity index (χ1v) is 34.2. The molecule has 92 heavy (non-hydrogen) atoms. The minimum absolute atomic E-state index is 0.422. The fourth-order valence-electron chi connectivity index (χ4n) is 14.5. The van der Waals surface area contributed by atoms with E-state index in [1.54, 1.807) is 0 Å². The normalized spacial score (nSPS) is 12.9. The zero-order chi connectivity index (χ0) is 64.8. The zero-order valence-corrected chi connectivity index (χ0v) is 57.4. The molecule has 0 saturated heterocycles. The highest BCUT2D eigenvalue weighted by Gasteiger charge is 2.50. The van der Waals surface area contributed by atoms with Crippen molar-refractivity contribution in [1.82, 2.24) is 0 Å². The Morgan fingerprint density at radius 1 is 0.228 bits per heavy atom. The zero-order valence-electron chi connectivity index (χ0n) is 57.4. The summed E-state index contributed by atoms with van der Waals surface area (Å²) in [6.45, 7) is 33.7. The van der Waals surface area contributed by atoms with Gasteiger partial charge in [0.05, 0.1) is 37.3 Å². The van der Waals surface area contributed by atoms with Gasteiger partial charge >= 0.3 is 0 Å². The maximum absolute atomic E-state index is 6.59. The van der Waals surface area contributed by atoms with Crippen LogP contribution in [0.2, 0.25) is 0 Å². The smallest absolute Gasteiger partial charge is 0.161 e. The minimum atomic E-state index is -0.619. The van der Waals surface area contributed by atoms with Gasteiger partial charge in [0, 0.05) is 0 Å². The predicted octanol–water partition coefficient (Wildman–Crippen LogP) is 23.2. The Kier molecular flexibility index (Phi) is 19.8. The fraction of sp³-hybridized carbons (Fsp3) is 0.318. The van der Waals surface area contributed by atoms with E-state index in [0.29, 0.717) is 26.4 Å². The molecule has 0 spiro atoms. The van der Waals surface area contributed by atoms with Gasteiger partial charge in [-0.1, -0.05) is 244 Å². The number of hydrogen-bond acceptors (Lipinski definition) is 4. The van der Waals surface area contributed by atoms with Crippen LogP contribution in [0.25, 0.3) is 44.5 Å². The van der Waals surface area contributed by atoms with Crippen LogP contribution in [0.15, 0.2) is 182 Å². The van der Waals surface area contributed by atoms with Crippen LogP contribution in [-0.2, 0) is 10.8 Å². The van der Waals surface area contributed by atoms with Crippen LogP contribution >= 0.6 is 0 Å². The Morgan fingerprint density at radius 2 is 0.478 bits per heavy atom. The van der Waals surface area contributed by atoms with E-state index in [9.17, 15) is 0 Å². The average molecular weight is 1220 g/mol. The van der Waals surface area contributed by atoms with Crippen LogP contribution < -0.4 is 18.9 Å². The molecule has 472 valence electrons. The number of hydrogen-bond donors (Lipinski definition) is 0. The highest BCUT2D eigenvalue weighted by molar-refractivity contribution is 5.90. The van der Waals surface area contributed by atoms with Crippen molar-refractivity contribution >= 4 is 0 Å². The van der Waals surface area contributed by atoms with Crippen LogP contribution in [0.1, 0.15) is 179 Å². The van der Waals surface area contributed by atoms with E-state index in [2.05, 4.69) is 279 Å². The number of unbranched alkanes of at least 4 members (excludes halogenated alkanes) is 4. The van der Waals surface area contributed by atoms with Gasteiger partial charge in [0.25, 0.3) is 0 Å². The molecule has 0 fully saturated rings. The van der Waals surface area contributed by atoms with Gasteiger partial charge in [-0.05, 0) is 230 Å². The van der Waals surface area contributed by atoms with Gasteiger partial charge in [-0.3, -0.25) is 0 Å². The first-order valence-electron chi connectivity index (χ1n) is 34.2. The molecule has 0 aliphatic heterocycles. The maximum atomic E-state index is 6.59. The standard InChI is InChI=1S/C45H58O4.C43H38/c1-9-13-21-46-41-27-33(7)37(29-43(41)48-23-15-11-3)45(39-25-31(5)17-19-35(39)36-20-18-32(6)26-40(36)45)38-30-44(49-24-16-12-4)42(28-34(38)8)47-22-14-10-2;1-27-7-13-33(14-8-27)35-17-21-39(31(5)25-35)43(40-22-18-36(26-32(40)6)34-15-9-28(2)10-16-34)41-23-29(3)11-19-37(41)38-20-12-30(4)24-42(38)43/h17-20,25-30H,9-16,21-24H2,1-8H3;7-26H,1-6H3. The Morgan fingerprint density at radius 3 is 0.761 bits per heavy atom. The van der Waals surface area contributed by atoms with Crippen molar-refractivity contribution < 1.29 is 18.9 Å². The molecule has 0 amide bonds. The molecule has 10 aromatic carbocycles.